The highest BCUT2D eigenvalue weighted by Gasteiger charge is 2.38. The molecule has 1 N–H and O–H groups in total. The molecule has 2 nitrogen and oxygen atoms in total. The normalized spacial score (nSPS) is 13.6. The monoisotopic (exact) mass is 708 g/mol. The average molecular weight is 709 g/mol. The minimum atomic E-state index is -0.164. The summed E-state index contributed by atoms with van der Waals surface area (Å²) in [5.74, 6) is 0. The van der Waals surface area contributed by atoms with Gasteiger partial charge in [0.05, 0.1) is 11.4 Å². The van der Waals surface area contributed by atoms with E-state index in [1.807, 2.05) is 42.6 Å². The molecule has 9 aromatic rings. The van der Waals surface area contributed by atoms with E-state index in [0.29, 0.717) is 5.71 Å². The van der Waals surface area contributed by atoms with Gasteiger partial charge in [-0.2, -0.15) is 0 Å². The van der Waals surface area contributed by atoms with E-state index in [0.717, 1.165) is 27.8 Å². The van der Waals surface area contributed by atoms with Gasteiger partial charge in [0.25, 0.3) is 0 Å². The van der Waals surface area contributed by atoms with E-state index in [9.17, 15) is 0 Å². The molecule has 0 aliphatic heterocycles. The summed E-state index contributed by atoms with van der Waals surface area (Å²) in [4.78, 5) is 5.25. The van der Waals surface area contributed by atoms with Crippen LogP contribution in [0.1, 0.15) is 41.7 Å². The Morgan fingerprint density at radius 3 is 2.04 bits per heavy atom. The van der Waals surface area contributed by atoms with Gasteiger partial charge in [-0.05, 0) is 90.8 Å². The topological polar surface area (TPSA) is 36.2 Å². The van der Waals surface area contributed by atoms with Crippen molar-refractivity contribution in [3.8, 4) is 22.3 Å². The first kappa shape index (κ1) is 32.2. The van der Waals surface area contributed by atoms with Crippen molar-refractivity contribution in [3.05, 3.63) is 198 Å². The van der Waals surface area contributed by atoms with Gasteiger partial charge in [0.15, 0.2) is 0 Å². The van der Waals surface area contributed by atoms with Crippen LogP contribution in [0.25, 0.3) is 69.7 Å². The maximum atomic E-state index is 9.12. The lowest BCUT2D eigenvalue weighted by Crippen LogP contribution is -2.16. The van der Waals surface area contributed by atoms with Crippen molar-refractivity contribution in [3.63, 3.8) is 0 Å². The molecule has 1 aromatic heterocycles. The minimum absolute atomic E-state index is 0.164. The fourth-order valence-electron chi connectivity index (χ4n) is 8.61. The largest absolute Gasteiger partial charge is 0.300 e. The maximum absolute atomic E-state index is 9.12. The second-order valence-electron chi connectivity index (χ2n) is 14.7. The number of aliphatic imine (C=N–C) groups is 1. The summed E-state index contributed by atoms with van der Waals surface area (Å²) < 4.78 is 2.46. The summed E-state index contributed by atoms with van der Waals surface area (Å²) in [6, 6.07) is 58.3. The van der Waals surface area contributed by atoms with Crippen LogP contribution in [0, 0.1) is 5.41 Å². The number of hydrogen-bond donors (Lipinski definition) is 1. The quantitative estimate of drug-likeness (QED) is 0.167. The van der Waals surface area contributed by atoms with E-state index in [-0.39, 0.29) is 5.41 Å². The molecule has 1 aliphatic carbocycles. The van der Waals surface area contributed by atoms with Gasteiger partial charge in [-0.25, -0.2) is 0 Å². The van der Waals surface area contributed by atoms with E-state index in [2.05, 4.69) is 147 Å². The first-order valence-corrected chi connectivity index (χ1v) is 19.3. The molecule has 1 heterocycles. The molecule has 256 valence electrons. The Morgan fingerprint density at radius 2 is 1.22 bits per heavy atom. The zero-order chi connectivity index (χ0) is 36.4. The lowest BCUT2D eigenvalue weighted by molar-refractivity contribution is 0.663. The zero-order valence-corrected chi connectivity index (χ0v) is 30.9. The molecule has 0 radical (unpaired) electrons. The number of benzene rings is 8. The number of hydrogen-bond acceptors (Lipinski definition) is 3. The van der Waals surface area contributed by atoms with Crippen LogP contribution in [0.5, 0.6) is 0 Å². The smallest absolute Gasteiger partial charge is 0.0730 e. The van der Waals surface area contributed by atoms with Crippen molar-refractivity contribution in [2.75, 3.05) is 0 Å². The second-order valence-corrected chi connectivity index (χ2v) is 15.8. The number of nitrogens with one attached hydrogen (secondary N) is 1. The van der Waals surface area contributed by atoms with Crippen LogP contribution in [0.3, 0.4) is 0 Å². The minimum Gasteiger partial charge on any atom is -0.300 e. The molecular formula is C51H36N2S. The van der Waals surface area contributed by atoms with Crippen molar-refractivity contribution in [1.82, 2.24) is 0 Å². The van der Waals surface area contributed by atoms with E-state index in [1.54, 1.807) is 11.3 Å². The van der Waals surface area contributed by atoms with Crippen molar-refractivity contribution >= 4 is 70.7 Å². The molecule has 0 unspecified atom stereocenters. The number of fused-ring (bicyclic) bond motifs is 8. The van der Waals surface area contributed by atoms with Crippen LogP contribution < -0.4 is 0 Å². The lowest BCUT2D eigenvalue weighted by atomic mass is 9.78. The average Bonchev–Trinajstić information content (AvgIpc) is 3.70. The van der Waals surface area contributed by atoms with Gasteiger partial charge in [-0.1, -0.05) is 153 Å². The van der Waals surface area contributed by atoms with E-state index >= 15 is 0 Å². The Labute approximate surface area is 318 Å². The molecule has 0 saturated heterocycles. The fourth-order valence-corrected chi connectivity index (χ4v) is 9.74. The number of allylic oxidation sites excluding steroid dienone is 1. The first-order chi connectivity index (χ1) is 26.5. The SMILES string of the molecule is CC1(C)c2cc3ccccc3cc2-c2cccc(-c3ccc(C=N/C(=C\C(=N)c4ccccc4)c4cccc5sc6ccccc6c45)c4ccccc34)c21. The Hall–Kier alpha value is -6.42. The van der Waals surface area contributed by atoms with Crippen molar-refractivity contribution in [2.45, 2.75) is 19.3 Å². The van der Waals surface area contributed by atoms with Gasteiger partial charge in [-0.15, -0.1) is 11.3 Å². The van der Waals surface area contributed by atoms with Crippen molar-refractivity contribution < 1.29 is 0 Å². The molecule has 8 aromatic carbocycles. The van der Waals surface area contributed by atoms with Crippen LogP contribution in [-0.4, -0.2) is 11.9 Å². The summed E-state index contributed by atoms with van der Waals surface area (Å²) in [5, 5.41) is 16.4. The van der Waals surface area contributed by atoms with Crippen LogP contribution >= 0.6 is 11.3 Å². The third kappa shape index (κ3) is 5.15. The van der Waals surface area contributed by atoms with E-state index in [1.165, 1.54) is 69.7 Å². The summed E-state index contributed by atoms with van der Waals surface area (Å²) in [7, 11) is 0. The summed E-state index contributed by atoms with van der Waals surface area (Å²) >= 11 is 1.80. The Bertz CT molecular complexity index is 3030. The molecule has 0 spiro atoms. The standard InChI is InChI=1S/C51H36N2S/c1-51(2)44-29-34-17-7-6-16-33(34)28-43(44)40-22-12-21-39(50(40)51)38-27-26-35(36-18-8-9-19-37(36)38)31-53-46(30-45(52)32-14-4-3-5-15-32)41-23-13-25-48-49(41)42-20-10-11-24-47(42)54-48/h3-31,52H,1-2H3/b46-30-,52-45?,53-31?. The van der Waals surface area contributed by atoms with Gasteiger partial charge in [0, 0.05) is 42.9 Å². The van der Waals surface area contributed by atoms with E-state index < -0.39 is 0 Å². The fraction of sp³-hybridized carbons (Fsp3) is 0.0588. The van der Waals surface area contributed by atoms with Crippen molar-refractivity contribution in [1.29, 1.82) is 5.41 Å². The van der Waals surface area contributed by atoms with Crippen LogP contribution in [-0.2, 0) is 5.41 Å². The Morgan fingerprint density at radius 1 is 0.574 bits per heavy atom. The second kappa shape index (κ2) is 12.6. The van der Waals surface area contributed by atoms with Crippen molar-refractivity contribution in [2.24, 2.45) is 4.99 Å². The lowest BCUT2D eigenvalue weighted by Gasteiger charge is -2.25. The molecular weight excluding hydrogens is 673 g/mol. The maximum Gasteiger partial charge on any atom is 0.0730 e. The van der Waals surface area contributed by atoms with E-state index in [4.69, 9.17) is 10.4 Å². The molecule has 0 amide bonds. The highest BCUT2D eigenvalue weighted by Crippen LogP contribution is 2.53. The van der Waals surface area contributed by atoms with Gasteiger partial charge < -0.3 is 5.41 Å². The number of nitrogens with zero attached hydrogens (tertiary/aromatic N) is 1. The predicted molar refractivity (Wildman–Crippen MR) is 233 cm³/mol. The Kier molecular flexibility index (Phi) is 7.53. The van der Waals surface area contributed by atoms with Crippen LogP contribution in [0.2, 0.25) is 0 Å². The number of thiophene rings is 1. The molecule has 54 heavy (non-hydrogen) atoms. The van der Waals surface area contributed by atoms with Crippen LogP contribution in [0.4, 0.5) is 0 Å². The molecule has 0 bridgehead atoms. The van der Waals surface area contributed by atoms with Gasteiger partial charge in [-0.3, -0.25) is 4.99 Å². The third-order valence-electron chi connectivity index (χ3n) is 11.2. The highest BCUT2D eigenvalue weighted by molar-refractivity contribution is 7.25. The summed E-state index contributed by atoms with van der Waals surface area (Å²) in [5.41, 5.74) is 11.8. The third-order valence-corrected chi connectivity index (χ3v) is 12.3. The molecule has 0 atom stereocenters. The number of rotatable bonds is 6. The summed E-state index contributed by atoms with van der Waals surface area (Å²) in [6.07, 6.45) is 3.91. The highest BCUT2D eigenvalue weighted by atomic mass is 32.1. The summed E-state index contributed by atoms with van der Waals surface area (Å²) in [6.45, 7) is 4.74. The Balaban J connectivity index is 1.12. The predicted octanol–water partition coefficient (Wildman–Crippen LogP) is 13.9. The molecule has 1 aliphatic rings. The molecule has 10 rings (SSSR count). The van der Waals surface area contributed by atoms with Crippen LogP contribution in [0.15, 0.2) is 175 Å². The first-order valence-electron chi connectivity index (χ1n) is 18.5. The van der Waals surface area contributed by atoms with Gasteiger partial charge in [0.1, 0.15) is 0 Å². The zero-order valence-electron chi connectivity index (χ0n) is 30.1. The molecule has 3 heteroatoms. The molecule has 0 fully saturated rings. The van der Waals surface area contributed by atoms with Gasteiger partial charge >= 0.3 is 0 Å². The molecule has 0 saturated carbocycles. The van der Waals surface area contributed by atoms with Gasteiger partial charge in [0.2, 0.25) is 0 Å².